The highest BCUT2D eigenvalue weighted by molar-refractivity contribution is 9.10. The number of nitrogens with one attached hydrogen (secondary N) is 3. The normalized spacial score (nSPS) is 18.7. The van der Waals surface area contributed by atoms with Crippen molar-refractivity contribution < 1.29 is 22.7 Å². The van der Waals surface area contributed by atoms with Crippen LogP contribution in [0.25, 0.3) is 0 Å². The largest absolute Gasteiger partial charge is 0.573 e. The van der Waals surface area contributed by atoms with Crippen molar-refractivity contribution >= 4 is 33.7 Å². The summed E-state index contributed by atoms with van der Waals surface area (Å²) in [4.78, 5) is 25.4. The van der Waals surface area contributed by atoms with E-state index in [9.17, 15) is 18.0 Å². The van der Waals surface area contributed by atoms with Crippen LogP contribution in [0.4, 0.5) is 25.1 Å². The topological polar surface area (TPSA) is 101 Å². The Hall–Kier alpha value is -2.63. The van der Waals surface area contributed by atoms with E-state index in [1.54, 1.807) is 20.0 Å². The lowest BCUT2D eigenvalue weighted by atomic mass is 9.85. The van der Waals surface area contributed by atoms with Crippen LogP contribution in [0.5, 0.6) is 5.75 Å². The number of anilines is 2. The molecule has 1 heterocycles. The Morgan fingerprint density at radius 1 is 1.22 bits per heavy atom. The van der Waals surface area contributed by atoms with E-state index in [0.717, 1.165) is 12.8 Å². The van der Waals surface area contributed by atoms with Crippen molar-refractivity contribution in [2.45, 2.75) is 51.6 Å². The Kier molecular flexibility index (Phi) is 7.75. The minimum atomic E-state index is -4.82. The molecular weight excluding hydrogens is 493 g/mol. The number of hydrogen-bond donors (Lipinski definition) is 3. The van der Waals surface area contributed by atoms with E-state index in [1.807, 2.05) is 0 Å². The van der Waals surface area contributed by atoms with Gasteiger partial charge in [0.1, 0.15) is 11.6 Å². The fraction of sp³-hybridized carbons (Fsp3) is 0.500. The second-order valence-corrected chi connectivity index (χ2v) is 8.42. The first-order valence-electron chi connectivity index (χ1n) is 10.1. The first-order chi connectivity index (χ1) is 15.1. The third kappa shape index (κ3) is 6.94. The van der Waals surface area contributed by atoms with Crippen LogP contribution >= 0.6 is 15.9 Å². The molecule has 1 aromatic heterocycles. The summed E-state index contributed by atoms with van der Waals surface area (Å²) in [6.45, 7) is 1.70. The Labute approximate surface area is 191 Å². The summed E-state index contributed by atoms with van der Waals surface area (Å²) in [5.41, 5.74) is 0.240. The number of rotatable bonds is 7. The van der Waals surface area contributed by atoms with Crippen LogP contribution in [0, 0.1) is 12.8 Å². The zero-order chi connectivity index (χ0) is 23.3. The van der Waals surface area contributed by atoms with Crippen LogP contribution in [0.15, 0.2) is 22.7 Å². The van der Waals surface area contributed by atoms with Gasteiger partial charge in [-0.3, -0.25) is 4.79 Å². The maximum Gasteiger partial charge on any atom is 0.573 e. The lowest BCUT2D eigenvalue weighted by Crippen LogP contribution is -2.37. The summed E-state index contributed by atoms with van der Waals surface area (Å²) in [5, 5.41) is 8.89. The predicted molar refractivity (Wildman–Crippen MR) is 116 cm³/mol. The third-order valence-corrected chi connectivity index (χ3v) is 5.55. The number of halogens is 4. The number of carbonyl (C=O) groups excluding carboxylic acids is 1. The highest BCUT2D eigenvalue weighted by Gasteiger charge is 2.32. The quantitative estimate of drug-likeness (QED) is 0.507. The van der Waals surface area contributed by atoms with E-state index < -0.39 is 6.36 Å². The molecule has 2 atom stereocenters. The van der Waals surface area contributed by atoms with Gasteiger partial charge in [0.15, 0.2) is 0 Å². The molecule has 0 radical (unpaired) electrons. The van der Waals surface area contributed by atoms with Gasteiger partial charge in [-0.1, -0.05) is 28.4 Å². The van der Waals surface area contributed by atoms with Gasteiger partial charge in [-0.25, -0.2) is 0 Å². The lowest BCUT2D eigenvalue weighted by Gasteiger charge is -2.29. The summed E-state index contributed by atoms with van der Waals surface area (Å²) in [5.74, 6) is 0.646. The number of hydrogen-bond acceptors (Lipinski definition) is 7. The van der Waals surface area contributed by atoms with Crippen molar-refractivity contribution in [2.24, 2.45) is 5.92 Å². The lowest BCUT2D eigenvalue weighted by molar-refractivity contribution is -0.274. The maximum atomic E-state index is 12.7. The van der Waals surface area contributed by atoms with Crippen molar-refractivity contribution in [3.05, 3.63) is 34.1 Å². The van der Waals surface area contributed by atoms with Crippen LogP contribution < -0.4 is 20.7 Å². The van der Waals surface area contributed by atoms with Crippen LogP contribution in [0.1, 0.15) is 37.1 Å². The van der Waals surface area contributed by atoms with Gasteiger partial charge < -0.3 is 20.7 Å². The average Bonchev–Trinajstić information content (AvgIpc) is 2.71. The number of aryl methyl sites for hydroxylation is 1. The molecule has 1 fully saturated rings. The molecule has 32 heavy (non-hydrogen) atoms. The molecule has 1 aromatic carbocycles. The van der Waals surface area contributed by atoms with Crippen molar-refractivity contribution in [3.8, 4) is 5.75 Å². The van der Waals surface area contributed by atoms with Crippen LogP contribution in [0.3, 0.4) is 0 Å². The Balaban J connectivity index is 1.60. The molecule has 3 N–H and O–H groups in total. The smallest absolute Gasteiger partial charge is 0.405 e. The molecule has 0 aliphatic heterocycles. The van der Waals surface area contributed by atoms with Crippen molar-refractivity contribution in [2.75, 3.05) is 17.7 Å². The second-order valence-electron chi connectivity index (χ2n) is 7.50. The van der Waals surface area contributed by atoms with Gasteiger partial charge in [0.05, 0.1) is 0 Å². The van der Waals surface area contributed by atoms with E-state index in [1.165, 1.54) is 12.1 Å². The molecule has 0 spiro atoms. The molecule has 1 aliphatic rings. The van der Waals surface area contributed by atoms with Gasteiger partial charge in [-0.05, 0) is 38.3 Å². The molecule has 1 aliphatic carbocycles. The number of carbonyl (C=O) groups is 1. The Morgan fingerprint density at radius 2 is 1.97 bits per heavy atom. The number of alkyl halides is 3. The Morgan fingerprint density at radius 3 is 2.69 bits per heavy atom. The average molecular weight is 517 g/mol. The minimum Gasteiger partial charge on any atom is -0.405 e. The van der Waals surface area contributed by atoms with Crippen molar-refractivity contribution in [1.82, 2.24) is 20.3 Å². The molecule has 174 valence electrons. The molecule has 3 rings (SSSR count). The molecule has 8 nitrogen and oxygen atoms in total. The zero-order valence-electron chi connectivity index (χ0n) is 17.6. The van der Waals surface area contributed by atoms with Gasteiger partial charge in [0.2, 0.25) is 17.8 Å². The summed E-state index contributed by atoms with van der Waals surface area (Å²) in [6, 6.07) is 4.31. The van der Waals surface area contributed by atoms with E-state index in [2.05, 4.69) is 51.6 Å². The fourth-order valence-corrected chi connectivity index (χ4v) is 3.96. The van der Waals surface area contributed by atoms with Crippen LogP contribution in [0.2, 0.25) is 0 Å². The molecule has 0 saturated heterocycles. The van der Waals surface area contributed by atoms with E-state index in [-0.39, 0.29) is 35.7 Å². The monoisotopic (exact) mass is 516 g/mol. The predicted octanol–water partition coefficient (Wildman–Crippen LogP) is 4.17. The van der Waals surface area contributed by atoms with E-state index in [4.69, 9.17) is 0 Å². The molecule has 0 bridgehead atoms. The summed E-state index contributed by atoms with van der Waals surface area (Å²) < 4.78 is 42.6. The molecule has 1 amide bonds. The number of aromatic nitrogens is 3. The van der Waals surface area contributed by atoms with Gasteiger partial charge in [-0.2, -0.15) is 15.0 Å². The van der Waals surface area contributed by atoms with Gasteiger partial charge >= 0.3 is 6.36 Å². The number of amides is 1. The van der Waals surface area contributed by atoms with Crippen molar-refractivity contribution in [3.63, 3.8) is 0 Å². The summed E-state index contributed by atoms with van der Waals surface area (Å²) in [7, 11) is 1.72. The zero-order valence-corrected chi connectivity index (χ0v) is 19.2. The van der Waals surface area contributed by atoms with Gasteiger partial charge in [0.25, 0.3) is 0 Å². The van der Waals surface area contributed by atoms with Crippen molar-refractivity contribution in [1.29, 1.82) is 0 Å². The third-order valence-electron chi connectivity index (χ3n) is 5.06. The number of nitrogens with zero attached hydrogens (tertiary/aromatic N) is 3. The molecule has 2 aromatic rings. The van der Waals surface area contributed by atoms with Gasteiger partial charge in [-0.15, -0.1) is 13.2 Å². The maximum absolute atomic E-state index is 12.7. The summed E-state index contributed by atoms with van der Waals surface area (Å²) in [6.07, 6.45) is -1.85. The van der Waals surface area contributed by atoms with E-state index >= 15 is 0 Å². The number of ether oxygens (including phenoxy) is 1. The number of benzene rings is 1. The van der Waals surface area contributed by atoms with E-state index in [0.29, 0.717) is 35.0 Å². The molecule has 1 saturated carbocycles. The minimum absolute atomic E-state index is 0.00260. The fourth-order valence-electron chi connectivity index (χ4n) is 3.62. The highest BCUT2D eigenvalue weighted by Crippen LogP contribution is 2.30. The standard InChI is InChI=1S/C20H24BrF3N6O2/c1-11-27-18(25-2)30-19(28-11)29-15-5-3-4-12(8-15)17(31)26-10-13-6-7-14(21)9-16(13)32-20(22,23)24/h6-7,9,12,15H,3-5,8,10H2,1-2H3,(H,26,31)(H2,25,27,28,29,30)/t12-,15+/m1/s1. The molecule has 0 unspecified atom stereocenters. The Bertz CT molecular complexity index is 959. The molecule has 12 heteroatoms. The SMILES string of the molecule is CNc1nc(C)nc(N[C@H]2CCC[C@@H](C(=O)NCc3ccc(Br)cc3OC(F)(F)F)C2)n1. The van der Waals surface area contributed by atoms with Crippen LogP contribution in [-0.4, -0.2) is 40.3 Å². The van der Waals surface area contributed by atoms with Gasteiger partial charge in [0, 0.05) is 35.6 Å². The van der Waals surface area contributed by atoms with Crippen LogP contribution in [-0.2, 0) is 11.3 Å². The second kappa shape index (κ2) is 10.3. The molecular formula is C20H24BrF3N6O2. The first-order valence-corrected chi connectivity index (χ1v) is 10.9. The first kappa shape index (κ1) is 24.0. The summed E-state index contributed by atoms with van der Waals surface area (Å²) >= 11 is 3.13. The highest BCUT2D eigenvalue weighted by atomic mass is 79.9.